The monoisotopic (exact) mass is 242 g/mol. The van der Waals surface area contributed by atoms with Gasteiger partial charge in [0.25, 0.3) is 0 Å². The highest BCUT2D eigenvalue weighted by Gasteiger charge is 2.44. The average Bonchev–Trinajstić information content (AvgIpc) is 2.84. The van der Waals surface area contributed by atoms with Crippen LogP contribution in [0.1, 0.15) is 33.6 Å². The highest BCUT2D eigenvalue weighted by atomic mass is 32.2. The van der Waals surface area contributed by atoms with Gasteiger partial charge in [0.2, 0.25) is 0 Å². The van der Waals surface area contributed by atoms with Crippen LogP contribution in [0.2, 0.25) is 0 Å². The molecule has 2 fully saturated rings. The number of hydrogen-bond acceptors (Lipinski definition) is 3. The molecule has 0 aliphatic carbocycles. The summed E-state index contributed by atoms with van der Waals surface area (Å²) in [7, 11) is 0. The van der Waals surface area contributed by atoms with Crippen LogP contribution in [-0.4, -0.2) is 41.1 Å². The van der Waals surface area contributed by atoms with Crippen LogP contribution < -0.4 is 5.73 Å². The van der Waals surface area contributed by atoms with Crippen LogP contribution >= 0.6 is 11.8 Å². The third-order valence-corrected chi connectivity index (χ3v) is 5.96. The molecule has 0 aromatic carbocycles. The Morgan fingerprint density at radius 3 is 2.69 bits per heavy atom. The highest BCUT2D eigenvalue weighted by molar-refractivity contribution is 8.00. The first-order valence-corrected chi connectivity index (χ1v) is 7.69. The van der Waals surface area contributed by atoms with Gasteiger partial charge in [-0.05, 0) is 31.2 Å². The van der Waals surface area contributed by atoms with Crippen LogP contribution in [0.15, 0.2) is 0 Å². The van der Waals surface area contributed by atoms with Gasteiger partial charge in [-0.2, -0.15) is 11.8 Å². The number of hydrogen-bond donors (Lipinski definition) is 1. The van der Waals surface area contributed by atoms with Gasteiger partial charge in [-0.25, -0.2) is 0 Å². The Morgan fingerprint density at radius 1 is 1.50 bits per heavy atom. The normalized spacial score (nSPS) is 41.1. The smallest absolute Gasteiger partial charge is 0.0432 e. The van der Waals surface area contributed by atoms with E-state index >= 15 is 0 Å². The fraction of sp³-hybridized carbons (Fsp3) is 1.00. The molecular weight excluding hydrogens is 216 g/mol. The number of nitrogens with two attached hydrogens (primary N) is 1. The van der Waals surface area contributed by atoms with Crippen LogP contribution in [-0.2, 0) is 0 Å². The Balaban J connectivity index is 2.01. The van der Waals surface area contributed by atoms with Gasteiger partial charge in [0.05, 0.1) is 0 Å². The van der Waals surface area contributed by atoms with E-state index in [0.717, 1.165) is 23.6 Å². The van der Waals surface area contributed by atoms with Gasteiger partial charge in [0, 0.05) is 29.6 Å². The van der Waals surface area contributed by atoms with Crippen LogP contribution in [0, 0.1) is 11.8 Å². The molecular formula is C13H26N2S. The summed E-state index contributed by atoms with van der Waals surface area (Å²) < 4.78 is 0. The molecule has 2 aliphatic heterocycles. The average molecular weight is 242 g/mol. The van der Waals surface area contributed by atoms with Crippen molar-refractivity contribution in [3.8, 4) is 0 Å². The Labute approximate surface area is 104 Å². The molecule has 0 saturated carbocycles. The molecule has 2 nitrogen and oxygen atoms in total. The molecule has 3 heteroatoms. The van der Waals surface area contributed by atoms with Crippen molar-refractivity contribution in [2.45, 2.75) is 44.4 Å². The van der Waals surface area contributed by atoms with E-state index in [-0.39, 0.29) is 0 Å². The summed E-state index contributed by atoms with van der Waals surface area (Å²) in [4.78, 5) is 2.70. The summed E-state index contributed by atoms with van der Waals surface area (Å²) in [6.07, 6.45) is 2.66. The van der Waals surface area contributed by atoms with Gasteiger partial charge in [0.15, 0.2) is 0 Å². The summed E-state index contributed by atoms with van der Waals surface area (Å²) in [5, 5.41) is 0.793. The highest BCUT2D eigenvalue weighted by Crippen LogP contribution is 2.41. The molecule has 0 amide bonds. The van der Waals surface area contributed by atoms with E-state index in [0.29, 0.717) is 5.54 Å². The molecule has 0 radical (unpaired) electrons. The zero-order valence-corrected chi connectivity index (χ0v) is 11.7. The number of thioether (sulfide) groups is 1. The number of likely N-dealkylation sites (tertiary alicyclic amines) is 1. The minimum absolute atomic E-state index is 0.327. The molecule has 16 heavy (non-hydrogen) atoms. The molecule has 2 aliphatic rings. The predicted octanol–water partition coefficient (Wildman–Crippen LogP) is 2.19. The Morgan fingerprint density at radius 2 is 2.25 bits per heavy atom. The molecule has 0 bridgehead atoms. The lowest BCUT2D eigenvalue weighted by Crippen LogP contribution is -2.53. The van der Waals surface area contributed by atoms with Gasteiger partial charge in [-0.1, -0.05) is 20.8 Å². The Hall–Kier alpha value is 0.270. The second-order valence-corrected chi connectivity index (χ2v) is 7.42. The first-order chi connectivity index (χ1) is 7.57. The van der Waals surface area contributed by atoms with Gasteiger partial charge >= 0.3 is 0 Å². The molecule has 3 atom stereocenters. The van der Waals surface area contributed by atoms with Crippen molar-refractivity contribution in [1.29, 1.82) is 0 Å². The van der Waals surface area contributed by atoms with Crippen LogP contribution in [0.3, 0.4) is 0 Å². The minimum atomic E-state index is 0.327. The Bertz CT molecular complexity index is 244. The standard InChI is InChI=1S/C13H26N2S/c1-10(2)12-4-5-15(7-12)13(8-14)6-11(3)16-9-13/h10-12H,4-9,14H2,1-3H3. The summed E-state index contributed by atoms with van der Waals surface area (Å²) in [5.74, 6) is 2.96. The van der Waals surface area contributed by atoms with E-state index < -0.39 is 0 Å². The topological polar surface area (TPSA) is 29.3 Å². The molecule has 0 aromatic rings. The zero-order chi connectivity index (χ0) is 11.8. The van der Waals surface area contributed by atoms with E-state index in [9.17, 15) is 0 Å². The second-order valence-electron chi connectivity index (χ2n) is 5.99. The van der Waals surface area contributed by atoms with E-state index in [1.165, 1.54) is 31.7 Å². The lowest BCUT2D eigenvalue weighted by molar-refractivity contribution is 0.136. The molecule has 3 unspecified atom stereocenters. The number of rotatable bonds is 3. The maximum absolute atomic E-state index is 6.08. The second kappa shape index (κ2) is 4.87. The molecule has 2 N–H and O–H groups in total. The van der Waals surface area contributed by atoms with Crippen molar-refractivity contribution < 1.29 is 0 Å². The fourth-order valence-corrected chi connectivity index (χ4v) is 4.65. The zero-order valence-electron chi connectivity index (χ0n) is 10.9. The van der Waals surface area contributed by atoms with E-state index in [1.54, 1.807) is 0 Å². The van der Waals surface area contributed by atoms with Gasteiger partial charge < -0.3 is 5.73 Å². The van der Waals surface area contributed by atoms with E-state index in [2.05, 4.69) is 37.4 Å². The molecule has 2 saturated heterocycles. The van der Waals surface area contributed by atoms with Crippen molar-refractivity contribution >= 4 is 11.8 Å². The summed E-state index contributed by atoms with van der Waals surface area (Å²) in [5.41, 5.74) is 6.40. The predicted molar refractivity (Wildman–Crippen MR) is 72.8 cm³/mol. The van der Waals surface area contributed by atoms with Gasteiger partial charge in [-0.15, -0.1) is 0 Å². The molecule has 0 aromatic heterocycles. The molecule has 94 valence electrons. The van der Waals surface area contributed by atoms with E-state index in [1.807, 2.05) is 0 Å². The number of nitrogens with zero attached hydrogens (tertiary/aromatic N) is 1. The van der Waals surface area contributed by atoms with Crippen molar-refractivity contribution in [2.75, 3.05) is 25.4 Å². The van der Waals surface area contributed by atoms with Gasteiger partial charge in [-0.3, -0.25) is 4.90 Å². The van der Waals surface area contributed by atoms with Gasteiger partial charge in [0.1, 0.15) is 0 Å². The quantitative estimate of drug-likeness (QED) is 0.822. The van der Waals surface area contributed by atoms with Crippen LogP contribution in [0.5, 0.6) is 0 Å². The van der Waals surface area contributed by atoms with Crippen LogP contribution in [0.25, 0.3) is 0 Å². The minimum Gasteiger partial charge on any atom is -0.329 e. The van der Waals surface area contributed by atoms with Crippen molar-refractivity contribution in [3.05, 3.63) is 0 Å². The van der Waals surface area contributed by atoms with Crippen LogP contribution in [0.4, 0.5) is 0 Å². The molecule has 2 heterocycles. The Kier molecular flexibility index (Phi) is 3.87. The van der Waals surface area contributed by atoms with Crippen molar-refractivity contribution in [3.63, 3.8) is 0 Å². The summed E-state index contributed by atoms with van der Waals surface area (Å²) in [6, 6.07) is 0. The summed E-state index contributed by atoms with van der Waals surface area (Å²) in [6.45, 7) is 10.5. The first kappa shape index (κ1) is 12.7. The maximum atomic E-state index is 6.08. The van der Waals surface area contributed by atoms with Crippen molar-refractivity contribution in [1.82, 2.24) is 4.90 Å². The SMILES string of the molecule is CC1CC(CN)(N2CCC(C(C)C)C2)CS1. The maximum Gasteiger partial charge on any atom is 0.0432 e. The largest absolute Gasteiger partial charge is 0.329 e. The molecule has 2 rings (SSSR count). The summed E-state index contributed by atoms with van der Waals surface area (Å²) >= 11 is 2.10. The first-order valence-electron chi connectivity index (χ1n) is 6.64. The van der Waals surface area contributed by atoms with Crippen molar-refractivity contribution in [2.24, 2.45) is 17.6 Å². The van der Waals surface area contributed by atoms with E-state index in [4.69, 9.17) is 5.73 Å². The molecule has 0 spiro atoms. The fourth-order valence-electron chi connectivity index (χ4n) is 3.20. The third-order valence-electron chi connectivity index (χ3n) is 4.52. The third kappa shape index (κ3) is 2.27. The lowest BCUT2D eigenvalue weighted by Gasteiger charge is -2.38. The lowest BCUT2D eigenvalue weighted by atomic mass is 9.93.